The molecular formula is C11H9F4N3O5S. The molecule has 2 heterocycles. The Labute approximate surface area is 132 Å². The van der Waals surface area contributed by atoms with Crippen molar-refractivity contribution in [2.45, 2.75) is 18.1 Å². The molecule has 2 rings (SSSR count). The number of hydrogen-bond donors (Lipinski definition) is 2. The zero-order valence-corrected chi connectivity index (χ0v) is 12.5. The minimum absolute atomic E-state index is 0.0345. The number of nitrogens with one attached hydrogen (secondary N) is 1. The summed E-state index contributed by atoms with van der Waals surface area (Å²) in [6, 6.07) is 3.72. The van der Waals surface area contributed by atoms with Gasteiger partial charge in [0.15, 0.2) is 11.6 Å². The average molecular weight is 371 g/mol. The first-order valence-electron chi connectivity index (χ1n) is 5.80. The number of hydrogen-bond acceptors (Lipinski definition) is 6. The Morgan fingerprint density at radius 3 is 2.33 bits per heavy atom. The minimum Gasteiger partial charge on any atom is -0.475 e. The van der Waals surface area contributed by atoms with Crippen molar-refractivity contribution in [2.24, 2.45) is 0 Å². The van der Waals surface area contributed by atoms with E-state index in [-0.39, 0.29) is 5.82 Å². The smallest absolute Gasteiger partial charge is 0.475 e. The van der Waals surface area contributed by atoms with Crippen molar-refractivity contribution in [2.75, 3.05) is 4.72 Å². The summed E-state index contributed by atoms with van der Waals surface area (Å²) in [7, 11) is -4.10. The highest BCUT2D eigenvalue weighted by molar-refractivity contribution is 7.92. The van der Waals surface area contributed by atoms with Gasteiger partial charge in [-0.25, -0.2) is 14.2 Å². The van der Waals surface area contributed by atoms with E-state index in [0.29, 0.717) is 5.69 Å². The summed E-state index contributed by atoms with van der Waals surface area (Å²) in [5.41, 5.74) is 0.395. The lowest BCUT2D eigenvalue weighted by Crippen LogP contribution is -2.21. The minimum atomic E-state index is -5.08. The molecule has 0 saturated carbocycles. The molecule has 0 saturated heterocycles. The third kappa shape index (κ3) is 5.49. The van der Waals surface area contributed by atoms with Crippen molar-refractivity contribution in [3.63, 3.8) is 0 Å². The van der Waals surface area contributed by atoms with Crippen LogP contribution in [0.1, 0.15) is 5.69 Å². The molecule has 0 radical (unpaired) electrons. The summed E-state index contributed by atoms with van der Waals surface area (Å²) in [6.07, 6.45) is -3.89. The van der Waals surface area contributed by atoms with Gasteiger partial charge in [0.1, 0.15) is 6.26 Å². The van der Waals surface area contributed by atoms with E-state index in [1.54, 1.807) is 6.92 Å². The first kappa shape index (κ1) is 19.3. The van der Waals surface area contributed by atoms with Gasteiger partial charge in [-0.15, -0.1) is 0 Å². The zero-order valence-electron chi connectivity index (χ0n) is 11.7. The van der Waals surface area contributed by atoms with Gasteiger partial charge in [0, 0.05) is 11.8 Å². The van der Waals surface area contributed by atoms with Crippen LogP contribution in [-0.2, 0) is 14.8 Å². The van der Waals surface area contributed by atoms with Crippen LogP contribution in [0.3, 0.4) is 0 Å². The molecule has 0 aromatic carbocycles. The molecule has 2 N–H and O–H groups in total. The number of anilines is 1. The number of aromatic nitrogens is 2. The predicted molar refractivity (Wildman–Crippen MR) is 69.9 cm³/mol. The summed E-state index contributed by atoms with van der Waals surface area (Å²) < 4.78 is 75.2. The maximum atomic E-state index is 13.4. The Morgan fingerprint density at radius 1 is 1.29 bits per heavy atom. The monoisotopic (exact) mass is 371 g/mol. The molecule has 0 unspecified atom stereocenters. The van der Waals surface area contributed by atoms with E-state index in [4.69, 9.17) is 9.90 Å². The summed E-state index contributed by atoms with van der Waals surface area (Å²) in [6.45, 7) is 1.56. The van der Waals surface area contributed by atoms with Crippen molar-refractivity contribution in [1.29, 1.82) is 0 Å². The van der Waals surface area contributed by atoms with Crippen LogP contribution in [0.2, 0.25) is 0 Å². The highest BCUT2D eigenvalue weighted by Crippen LogP contribution is 2.16. The van der Waals surface area contributed by atoms with Gasteiger partial charge in [0.25, 0.3) is 10.0 Å². The Kier molecular flexibility index (Phi) is 5.84. The molecule has 0 spiro atoms. The Bertz CT molecular complexity index is 806. The van der Waals surface area contributed by atoms with Crippen LogP contribution in [0.15, 0.2) is 34.0 Å². The van der Waals surface area contributed by atoms with E-state index in [2.05, 4.69) is 14.7 Å². The lowest BCUT2D eigenvalue weighted by molar-refractivity contribution is -0.192. The Hall–Kier alpha value is -2.70. The number of sulfonamides is 1. The summed E-state index contributed by atoms with van der Waals surface area (Å²) in [5.74, 6) is -3.72. The lowest BCUT2D eigenvalue weighted by Gasteiger charge is -2.05. The van der Waals surface area contributed by atoms with Crippen LogP contribution in [0.25, 0.3) is 0 Å². The van der Waals surface area contributed by atoms with E-state index >= 15 is 0 Å². The number of aliphatic carboxylic acids is 1. The second-order valence-corrected chi connectivity index (χ2v) is 5.63. The number of pyridine rings is 1. The molecule has 0 atom stereocenters. The fourth-order valence-electron chi connectivity index (χ4n) is 1.16. The lowest BCUT2D eigenvalue weighted by atomic mass is 10.4. The fourth-order valence-corrected chi connectivity index (χ4v) is 2.22. The number of nitrogens with zero attached hydrogens (tertiary/aromatic N) is 2. The number of halogens is 4. The highest BCUT2D eigenvalue weighted by Gasteiger charge is 2.38. The molecule has 0 aliphatic carbocycles. The van der Waals surface area contributed by atoms with Crippen LogP contribution >= 0.6 is 0 Å². The maximum absolute atomic E-state index is 13.4. The third-order valence-corrected chi connectivity index (χ3v) is 3.40. The molecule has 2 aromatic heterocycles. The van der Waals surface area contributed by atoms with Crippen LogP contribution in [0.4, 0.5) is 23.4 Å². The molecule has 13 heteroatoms. The topological polar surface area (TPSA) is 122 Å². The van der Waals surface area contributed by atoms with Crippen LogP contribution in [0.5, 0.6) is 0 Å². The van der Waals surface area contributed by atoms with Gasteiger partial charge in [-0.1, -0.05) is 5.16 Å². The SMILES string of the molecule is Cc1ccc(F)c(S(=O)(=O)Nc2ccon2)n1.O=C(O)C(F)(F)F. The van der Waals surface area contributed by atoms with E-state index in [1.165, 1.54) is 18.4 Å². The molecule has 8 nitrogen and oxygen atoms in total. The predicted octanol–water partition coefficient (Wildman–Crippen LogP) is 1.95. The Balaban J connectivity index is 0.000000351. The summed E-state index contributed by atoms with van der Waals surface area (Å²) in [4.78, 5) is 12.5. The number of carbonyl (C=O) groups is 1. The zero-order chi connectivity index (χ0) is 18.5. The van der Waals surface area contributed by atoms with Gasteiger partial charge < -0.3 is 9.63 Å². The van der Waals surface area contributed by atoms with Gasteiger partial charge in [-0.3, -0.25) is 4.72 Å². The fraction of sp³-hybridized carbons (Fsp3) is 0.182. The van der Waals surface area contributed by atoms with E-state index in [0.717, 1.165) is 6.07 Å². The van der Waals surface area contributed by atoms with Crippen molar-refractivity contribution >= 4 is 21.8 Å². The Morgan fingerprint density at radius 2 is 1.88 bits per heavy atom. The van der Waals surface area contributed by atoms with Crippen molar-refractivity contribution in [3.8, 4) is 0 Å². The van der Waals surface area contributed by atoms with Gasteiger partial charge in [-0.2, -0.15) is 21.6 Å². The van der Waals surface area contributed by atoms with Gasteiger partial charge in [0.2, 0.25) is 5.03 Å². The molecule has 0 bridgehead atoms. The van der Waals surface area contributed by atoms with E-state index in [9.17, 15) is 26.0 Å². The van der Waals surface area contributed by atoms with Gasteiger partial charge in [-0.05, 0) is 19.1 Å². The summed E-state index contributed by atoms with van der Waals surface area (Å²) >= 11 is 0. The number of aryl methyl sites for hydroxylation is 1. The van der Waals surface area contributed by atoms with Gasteiger partial charge in [0.05, 0.1) is 0 Å². The highest BCUT2D eigenvalue weighted by atomic mass is 32.2. The second kappa shape index (κ2) is 7.25. The second-order valence-electron chi connectivity index (χ2n) is 4.03. The molecule has 132 valence electrons. The molecule has 2 aromatic rings. The van der Waals surface area contributed by atoms with E-state index < -0.39 is 33.0 Å². The quantitative estimate of drug-likeness (QED) is 0.791. The molecule has 0 aliphatic heterocycles. The normalized spacial score (nSPS) is 11.4. The largest absolute Gasteiger partial charge is 0.490 e. The summed E-state index contributed by atoms with van der Waals surface area (Å²) in [5, 5.41) is 9.82. The number of alkyl halides is 3. The molecular weight excluding hydrogens is 362 g/mol. The van der Waals surface area contributed by atoms with Crippen LogP contribution in [0, 0.1) is 12.7 Å². The van der Waals surface area contributed by atoms with Crippen LogP contribution in [-0.4, -0.2) is 35.8 Å². The number of carboxylic acids is 1. The van der Waals surface area contributed by atoms with Gasteiger partial charge >= 0.3 is 12.1 Å². The van der Waals surface area contributed by atoms with Crippen molar-refractivity contribution in [1.82, 2.24) is 10.1 Å². The molecule has 0 fully saturated rings. The van der Waals surface area contributed by atoms with Crippen molar-refractivity contribution in [3.05, 3.63) is 36.0 Å². The first-order chi connectivity index (χ1) is 10.9. The first-order valence-corrected chi connectivity index (χ1v) is 7.28. The third-order valence-electron chi connectivity index (χ3n) is 2.13. The van der Waals surface area contributed by atoms with E-state index in [1.807, 2.05) is 4.72 Å². The number of rotatable bonds is 3. The standard InChI is InChI=1S/C9H8FN3O3S.C2HF3O2/c1-6-2-3-7(10)9(11-6)17(14,15)13-8-4-5-16-12-8;3-2(4,5)1(6)7/h2-5H,1H3,(H,12,13);(H,6,7). The maximum Gasteiger partial charge on any atom is 0.490 e. The molecule has 24 heavy (non-hydrogen) atoms. The van der Waals surface area contributed by atoms with Crippen molar-refractivity contribution < 1.29 is 40.4 Å². The average Bonchev–Trinajstić information content (AvgIpc) is 2.93. The van der Waals surface area contributed by atoms with Crippen LogP contribution < -0.4 is 4.72 Å². The molecule has 0 aliphatic rings. The number of carboxylic acid groups (broad SMARTS) is 1. The molecule has 0 amide bonds.